The Morgan fingerprint density at radius 3 is 2.75 bits per heavy atom. The number of aliphatic hydroxyl groups is 1. The van der Waals surface area contributed by atoms with Gasteiger partial charge in [0, 0.05) is 13.1 Å². The average Bonchev–Trinajstić information content (AvgIpc) is 2.14. The molecule has 1 heterocycles. The third-order valence-electron chi connectivity index (χ3n) is 1.56. The lowest BCUT2D eigenvalue weighted by Gasteiger charge is -2.09. The van der Waals surface area contributed by atoms with E-state index in [0.717, 1.165) is 26.1 Å². The first-order valence-corrected chi connectivity index (χ1v) is 3.02. The van der Waals surface area contributed by atoms with E-state index in [1.165, 1.54) is 0 Å². The second kappa shape index (κ2) is 2.46. The fourth-order valence-electron chi connectivity index (χ4n) is 1.02. The molecule has 1 atom stereocenters. The van der Waals surface area contributed by atoms with E-state index in [-0.39, 0.29) is 6.10 Å². The zero-order chi connectivity index (χ0) is 5.98. The predicted molar refractivity (Wildman–Crippen MR) is 32.4 cm³/mol. The number of hydrogen-bond acceptors (Lipinski definition) is 2. The number of β-amino-alcohol motifs (C(OH)–C–C–N with tert-alkyl or cyclic N) is 1. The molecule has 2 nitrogen and oxygen atoms in total. The largest absolute Gasteiger partial charge is 0.392 e. The highest BCUT2D eigenvalue weighted by Crippen LogP contribution is 2.06. The first kappa shape index (κ1) is 6.05. The van der Waals surface area contributed by atoms with Gasteiger partial charge in [-0.3, -0.25) is 0 Å². The molecule has 1 aliphatic rings. The van der Waals surface area contributed by atoms with Crippen LogP contribution in [0.15, 0.2) is 0 Å². The van der Waals surface area contributed by atoms with Gasteiger partial charge in [0.25, 0.3) is 0 Å². The van der Waals surface area contributed by atoms with E-state index in [0.29, 0.717) is 0 Å². The maximum Gasteiger partial charge on any atom is 0.0679 e. The maximum absolute atomic E-state index is 8.96. The third-order valence-corrected chi connectivity index (χ3v) is 1.56. The first-order chi connectivity index (χ1) is 3.83. The van der Waals surface area contributed by atoms with Crippen LogP contribution in [-0.2, 0) is 0 Å². The Hall–Kier alpha value is -0.0800. The van der Waals surface area contributed by atoms with Gasteiger partial charge in [0.1, 0.15) is 0 Å². The predicted octanol–water partition coefficient (Wildman–Crippen LogP) is -0.113. The Kier molecular flexibility index (Phi) is 1.86. The number of hydrogen-bond donors (Lipinski definition) is 1. The van der Waals surface area contributed by atoms with E-state index in [1.807, 2.05) is 0 Å². The van der Waals surface area contributed by atoms with Crippen LogP contribution in [0.1, 0.15) is 6.42 Å². The smallest absolute Gasteiger partial charge is 0.0679 e. The Morgan fingerprint density at radius 1 is 1.75 bits per heavy atom. The molecule has 47 valence electrons. The van der Waals surface area contributed by atoms with Gasteiger partial charge in [-0.1, -0.05) is 0 Å². The van der Waals surface area contributed by atoms with E-state index in [4.69, 9.17) is 5.11 Å². The van der Waals surface area contributed by atoms with Crippen LogP contribution < -0.4 is 0 Å². The quantitative estimate of drug-likeness (QED) is 0.514. The molecular weight excluding hydrogens is 102 g/mol. The maximum atomic E-state index is 8.96. The second-order valence-electron chi connectivity index (χ2n) is 2.24. The van der Waals surface area contributed by atoms with Crippen molar-refractivity contribution in [3.8, 4) is 0 Å². The molecule has 1 N–H and O–H groups in total. The lowest BCUT2D eigenvalue weighted by Crippen LogP contribution is -2.21. The Morgan fingerprint density at radius 2 is 2.50 bits per heavy atom. The van der Waals surface area contributed by atoms with Crippen molar-refractivity contribution in [2.24, 2.45) is 0 Å². The summed E-state index contributed by atoms with van der Waals surface area (Å²) in [6.45, 7) is 6.39. The van der Waals surface area contributed by atoms with Crippen LogP contribution in [0.3, 0.4) is 0 Å². The minimum absolute atomic E-state index is 0.0863. The number of nitrogens with zero attached hydrogens (tertiary/aromatic N) is 1. The summed E-state index contributed by atoms with van der Waals surface area (Å²) in [4.78, 5) is 2.14. The Bertz CT molecular complexity index is 74.9. The molecule has 1 saturated heterocycles. The Balaban J connectivity index is 2.22. The normalized spacial score (nSPS) is 31.5. The summed E-state index contributed by atoms with van der Waals surface area (Å²) < 4.78 is 0. The molecule has 8 heavy (non-hydrogen) atoms. The van der Waals surface area contributed by atoms with Gasteiger partial charge in [0.15, 0.2) is 0 Å². The third kappa shape index (κ3) is 1.20. The fourth-order valence-corrected chi connectivity index (χ4v) is 1.02. The summed E-state index contributed by atoms with van der Waals surface area (Å²) >= 11 is 0. The highest BCUT2D eigenvalue weighted by Gasteiger charge is 2.17. The molecule has 1 aliphatic heterocycles. The van der Waals surface area contributed by atoms with E-state index in [9.17, 15) is 0 Å². The molecule has 1 radical (unpaired) electrons. The standard InChI is InChI=1S/C6H12NO/c1-2-7-4-3-6(8)5-7/h6,8H,1-5H2/t6-/m0/s1. The van der Waals surface area contributed by atoms with E-state index >= 15 is 0 Å². The number of rotatable bonds is 1. The summed E-state index contributed by atoms with van der Waals surface area (Å²) in [5, 5.41) is 8.96. The summed E-state index contributed by atoms with van der Waals surface area (Å²) in [6, 6.07) is 0. The molecule has 0 saturated carbocycles. The van der Waals surface area contributed by atoms with Crippen molar-refractivity contribution in [3.63, 3.8) is 0 Å². The van der Waals surface area contributed by atoms with Crippen molar-refractivity contribution in [1.82, 2.24) is 4.90 Å². The van der Waals surface area contributed by atoms with Crippen LogP contribution in [0.4, 0.5) is 0 Å². The van der Waals surface area contributed by atoms with E-state index in [1.54, 1.807) is 0 Å². The molecular formula is C6H12NO. The van der Waals surface area contributed by atoms with Crippen molar-refractivity contribution < 1.29 is 5.11 Å². The highest BCUT2D eigenvalue weighted by molar-refractivity contribution is 4.74. The van der Waals surface area contributed by atoms with Crippen molar-refractivity contribution in [2.75, 3.05) is 19.6 Å². The fraction of sp³-hybridized carbons (Fsp3) is 0.833. The average molecular weight is 114 g/mol. The molecule has 0 aromatic rings. The minimum Gasteiger partial charge on any atom is -0.392 e. The van der Waals surface area contributed by atoms with Gasteiger partial charge >= 0.3 is 0 Å². The highest BCUT2D eigenvalue weighted by atomic mass is 16.3. The molecule has 0 aromatic carbocycles. The lowest BCUT2D eigenvalue weighted by molar-refractivity contribution is 0.179. The van der Waals surface area contributed by atoms with Gasteiger partial charge in [-0.25, -0.2) is 0 Å². The number of likely N-dealkylation sites (tertiary alicyclic amines) is 1. The van der Waals surface area contributed by atoms with Crippen molar-refractivity contribution >= 4 is 0 Å². The van der Waals surface area contributed by atoms with Gasteiger partial charge < -0.3 is 10.0 Å². The van der Waals surface area contributed by atoms with Crippen LogP contribution in [0.2, 0.25) is 0 Å². The monoisotopic (exact) mass is 114 g/mol. The molecule has 1 fully saturated rings. The molecule has 0 amide bonds. The van der Waals surface area contributed by atoms with Crippen LogP contribution in [0, 0.1) is 6.92 Å². The molecule has 0 unspecified atom stereocenters. The molecule has 1 rings (SSSR count). The lowest BCUT2D eigenvalue weighted by atomic mass is 10.3. The van der Waals surface area contributed by atoms with Crippen molar-refractivity contribution in [3.05, 3.63) is 6.92 Å². The van der Waals surface area contributed by atoms with Crippen LogP contribution in [0.5, 0.6) is 0 Å². The first-order valence-electron chi connectivity index (χ1n) is 3.02. The van der Waals surface area contributed by atoms with E-state index in [2.05, 4.69) is 11.8 Å². The van der Waals surface area contributed by atoms with Crippen molar-refractivity contribution in [1.29, 1.82) is 0 Å². The van der Waals surface area contributed by atoms with Crippen LogP contribution in [0.25, 0.3) is 0 Å². The van der Waals surface area contributed by atoms with Gasteiger partial charge in [0.2, 0.25) is 0 Å². The van der Waals surface area contributed by atoms with Crippen LogP contribution in [-0.4, -0.2) is 35.7 Å². The van der Waals surface area contributed by atoms with Gasteiger partial charge in [0.05, 0.1) is 6.10 Å². The SMILES string of the molecule is [CH2]CN1CC[C@H](O)C1. The van der Waals surface area contributed by atoms with Crippen LogP contribution >= 0.6 is 0 Å². The summed E-state index contributed by atoms with van der Waals surface area (Å²) in [5.41, 5.74) is 0. The number of aliphatic hydroxyl groups excluding tert-OH is 1. The minimum atomic E-state index is -0.0863. The summed E-state index contributed by atoms with van der Waals surface area (Å²) in [6.07, 6.45) is 0.840. The van der Waals surface area contributed by atoms with Gasteiger partial charge in [-0.15, -0.1) is 0 Å². The topological polar surface area (TPSA) is 23.5 Å². The molecule has 2 heteroatoms. The summed E-state index contributed by atoms with van der Waals surface area (Å²) in [7, 11) is 0. The zero-order valence-corrected chi connectivity index (χ0v) is 5.01. The molecule has 0 aromatic heterocycles. The van der Waals surface area contributed by atoms with E-state index < -0.39 is 0 Å². The molecule has 0 bridgehead atoms. The second-order valence-corrected chi connectivity index (χ2v) is 2.24. The van der Waals surface area contributed by atoms with Gasteiger partial charge in [-0.05, 0) is 19.9 Å². The van der Waals surface area contributed by atoms with Gasteiger partial charge in [-0.2, -0.15) is 0 Å². The molecule has 0 spiro atoms. The zero-order valence-electron chi connectivity index (χ0n) is 5.01. The Labute approximate surface area is 50.1 Å². The summed E-state index contributed by atoms with van der Waals surface area (Å²) in [5.74, 6) is 0. The molecule has 0 aliphatic carbocycles. The van der Waals surface area contributed by atoms with Crippen molar-refractivity contribution in [2.45, 2.75) is 12.5 Å².